The fourth-order valence-corrected chi connectivity index (χ4v) is 13.0. The van der Waals surface area contributed by atoms with Gasteiger partial charge < -0.3 is 43.0 Å². The van der Waals surface area contributed by atoms with Crippen molar-refractivity contribution in [3.63, 3.8) is 0 Å². The smallest absolute Gasteiger partial charge is 0.243 e. The van der Waals surface area contributed by atoms with E-state index in [1.54, 1.807) is 50.9 Å². The van der Waals surface area contributed by atoms with Crippen molar-refractivity contribution in [3.05, 3.63) is 88.1 Å². The standard InChI is InChI=1S/C24H29N3O7S2.C24H29N3O4S2/c1-30-19-7-6-17(14-20(19)31-2)36(28,29)27-10-8-26(9-11-27)24-25-18(15-35-24)16-12-21(32-3)23(34-5)22(13-16)33-4;1-16-12-17(2)23(18(3)13-16)20-15-32-24(25-20)26-8-10-27(11-9-26)33(28,29)19-6-7-21(30-4)22(14-19)31-5/h6-7,12-15H,8-11H2,1-5H3;6-7,12-15H,8-11H2,1-5H3. The summed E-state index contributed by atoms with van der Waals surface area (Å²) >= 11 is 3.11. The molecule has 0 N–H and O–H groups in total. The van der Waals surface area contributed by atoms with Gasteiger partial charge in [0.15, 0.2) is 44.8 Å². The van der Waals surface area contributed by atoms with Gasteiger partial charge in [-0.1, -0.05) is 17.7 Å². The highest BCUT2D eigenvalue weighted by Crippen LogP contribution is 2.42. The SMILES string of the molecule is COc1ccc(S(=O)(=O)N2CCN(c3nc(-c4c(C)cc(C)cc4C)cs3)CC2)cc1OC.COc1ccc(S(=O)(=O)N2CCN(c3nc(-c4cc(OC)c(OC)c(OC)c4)cs3)CC2)cc1OC. The summed E-state index contributed by atoms with van der Waals surface area (Å²) in [5.74, 6) is 3.37. The van der Waals surface area contributed by atoms with E-state index in [9.17, 15) is 16.8 Å². The molecule has 0 radical (unpaired) electrons. The van der Waals surface area contributed by atoms with E-state index in [2.05, 4.69) is 48.1 Å². The van der Waals surface area contributed by atoms with Crippen LogP contribution in [0.1, 0.15) is 16.7 Å². The Labute approximate surface area is 412 Å². The number of anilines is 2. The highest BCUT2D eigenvalue weighted by Gasteiger charge is 2.32. The number of sulfonamides is 2. The van der Waals surface area contributed by atoms with Crippen molar-refractivity contribution >= 4 is 53.0 Å². The Kier molecular flexibility index (Phi) is 16.2. The fourth-order valence-electron chi connectivity index (χ4n) is 8.37. The van der Waals surface area contributed by atoms with Crippen LogP contribution in [-0.2, 0) is 20.0 Å². The lowest BCUT2D eigenvalue weighted by molar-refractivity contribution is 0.324. The van der Waals surface area contributed by atoms with Crippen LogP contribution in [-0.4, -0.2) is 138 Å². The molecule has 0 atom stereocenters. The molecule has 0 saturated carbocycles. The zero-order valence-corrected chi connectivity index (χ0v) is 43.7. The van der Waals surface area contributed by atoms with Crippen LogP contribution < -0.4 is 43.0 Å². The van der Waals surface area contributed by atoms with Crippen molar-refractivity contribution in [1.82, 2.24) is 18.6 Å². The molecule has 6 aromatic rings. The quantitative estimate of drug-likeness (QED) is 0.0983. The first kappa shape index (κ1) is 51.0. The zero-order chi connectivity index (χ0) is 49.6. The van der Waals surface area contributed by atoms with Gasteiger partial charge in [-0.05, 0) is 68.3 Å². The normalized spacial score (nSPS) is 14.7. The van der Waals surface area contributed by atoms with Crippen LogP contribution in [0, 0.1) is 20.8 Å². The Morgan fingerprint density at radius 2 is 0.855 bits per heavy atom. The summed E-state index contributed by atoms with van der Waals surface area (Å²) < 4.78 is 93.1. The van der Waals surface area contributed by atoms with Crippen molar-refractivity contribution < 1.29 is 50.0 Å². The van der Waals surface area contributed by atoms with E-state index in [1.165, 1.54) is 88.8 Å². The van der Waals surface area contributed by atoms with E-state index in [-0.39, 0.29) is 9.79 Å². The Morgan fingerprint density at radius 3 is 1.25 bits per heavy atom. The molecule has 370 valence electrons. The summed E-state index contributed by atoms with van der Waals surface area (Å²) in [6, 6.07) is 17.4. The molecule has 17 nitrogen and oxygen atoms in total. The third-order valence-electron chi connectivity index (χ3n) is 11.9. The Balaban J connectivity index is 0.000000205. The van der Waals surface area contributed by atoms with Crippen molar-refractivity contribution in [3.8, 4) is 62.8 Å². The summed E-state index contributed by atoms with van der Waals surface area (Å²) in [7, 11) is 3.42. The lowest BCUT2D eigenvalue weighted by Crippen LogP contribution is -2.48. The molecule has 0 aliphatic carbocycles. The van der Waals surface area contributed by atoms with Gasteiger partial charge in [0.2, 0.25) is 25.8 Å². The Morgan fingerprint density at radius 1 is 0.464 bits per heavy atom. The van der Waals surface area contributed by atoms with Crippen molar-refractivity contribution in [2.45, 2.75) is 30.6 Å². The van der Waals surface area contributed by atoms with Gasteiger partial charge in [0.25, 0.3) is 0 Å². The average Bonchev–Trinajstić information content (AvgIpc) is 4.07. The number of hydrogen-bond acceptors (Lipinski definition) is 17. The van der Waals surface area contributed by atoms with Gasteiger partial charge in [0.05, 0.1) is 70.9 Å². The second-order valence-electron chi connectivity index (χ2n) is 16.0. The van der Waals surface area contributed by atoms with Gasteiger partial charge in [-0.3, -0.25) is 0 Å². The third-order valence-corrected chi connectivity index (χ3v) is 17.5. The summed E-state index contributed by atoms with van der Waals surface area (Å²) in [6.45, 7) is 10.0. The summed E-state index contributed by atoms with van der Waals surface area (Å²) in [5, 5.41) is 5.80. The largest absolute Gasteiger partial charge is 0.493 e. The molecule has 2 saturated heterocycles. The first-order chi connectivity index (χ1) is 33.1. The van der Waals surface area contributed by atoms with Gasteiger partial charge in [0.1, 0.15) is 0 Å². The number of ether oxygens (including phenoxy) is 7. The maximum absolute atomic E-state index is 13.2. The number of hydrogen-bond donors (Lipinski definition) is 0. The van der Waals surface area contributed by atoms with Crippen molar-refractivity contribution in [1.29, 1.82) is 0 Å². The number of aryl methyl sites for hydroxylation is 3. The van der Waals surface area contributed by atoms with E-state index in [0.29, 0.717) is 92.6 Å². The minimum Gasteiger partial charge on any atom is -0.493 e. The molecular weight excluding hydrogens is 965 g/mol. The fraction of sp³-hybridized carbons (Fsp3) is 0.375. The molecule has 2 aromatic heterocycles. The van der Waals surface area contributed by atoms with Gasteiger partial charge >= 0.3 is 0 Å². The van der Waals surface area contributed by atoms with E-state index < -0.39 is 20.0 Å². The number of benzene rings is 4. The molecule has 4 aromatic carbocycles. The van der Waals surface area contributed by atoms with Crippen LogP contribution >= 0.6 is 22.7 Å². The minimum absolute atomic E-state index is 0.174. The third kappa shape index (κ3) is 10.8. The van der Waals surface area contributed by atoms with Crippen LogP contribution in [0.5, 0.6) is 40.2 Å². The molecule has 0 spiro atoms. The Hall–Kier alpha value is -5.84. The Bertz CT molecular complexity index is 2930. The summed E-state index contributed by atoms with van der Waals surface area (Å²) in [5.41, 5.74) is 7.45. The van der Waals surface area contributed by atoms with Crippen LogP contribution in [0.2, 0.25) is 0 Å². The topological polar surface area (TPSA) is 172 Å². The maximum Gasteiger partial charge on any atom is 0.243 e. The van der Waals surface area contributed by atoms with Crippen molar-refractivity contribution in [2.75, 3.05) is 112 Å². The number of methoxy groups -OCH3 is 7. The minimum atomic E-state index is -3.67. The number of rotatable bonds is 15. The van der Waals surface area contributed by atoms with Crippen LogP contribution in [0.15, 0.2) is 81.2 Å². The first-order valence-corrected chi connectivity index (χ1v) is 26.5. The van der Waals surface area contributed by atoms with Gasteiger partial charge in [-0.25, -0.2) is 26.8 Å². The summed E-state index contributed by atoms with van der Waals surface area (Å²) in [4.78, 5) is 14.3. The highest BCUT2D eigenvalue weighted by atomic mass is 32.2. The predicted molar refractivity (Wildman–Crippen MR) is 270 cm³/mol. The molecule has 8 rings (SSSR count). The molecule has 0 bridgehead atoms. The molecule has 0 amide bonds. The van der Waals surface area contributed by atoms with Crippen LogP contribution in [0.4, 0.5) is 10.3 Å². The van der Waals surface area contributed by atoms with Gasteiger partial charge in [-0.15, -0.1) is 22.7 Å². The molecule has 21 heteroatoms. The monoisotopic (exact) mass is 1020 g/mol. The molecule has 69 heavy (non-hydrogen) atoms. The lowest BCUT2D eigenvalue weighted by Gasteiger charge is -2.33. The highest BCUT2D eigenvalue weighted by molar-refractivity contribution is 7.89. The average molecular weight is 1020 g/mol. The van der Waals surface area contributed by atoms with Crippen LogP contribution in [0.25, 0.3) is 22.5 Å². The van der Waals surface area contributed by atoms with Crippen molar-refractivity contribution in [2.24, 2.45) is 0 Å². The van der Waals surface area contributed by atoms with E-state index in [0.717, 1.165) is 27.2 Å². The molecule has 2 aliphatic rings. The molecule has 4 heterocycles. The van der Waals surface area contributed by atoms with Gasteiger partial charge in [-0.2, -0.15) is 8.61 Å². The molecule has 2 fully saturated rings. The first-order valence-electron chi connectivity index (χ1n) is 21.8. The number of aromatic nitrogens is 2. The maximum atomic E-state index is 13.2. The number of nitrogens with zero attached hydrogens (tertiary/aromatic N) is 6. The van der Waals surface area contributed by atoms with E-state index >= 15 is 0 Å². The second-order valence-corrected chi connectivity index (χ2v) is 21.6. The van der Waals surface area contributed by atoms with Crippen LogP contribution in [0.3, 0.4) is 0 Å². The molecule has 2 aliphatic heterocycles. The molecule has 0 unspecified atom stereocenters. The number of piperazine rings is 2. The van der Waals surface area contributed by atoms with E-state index in [1.807, 2.05) is 17.5 Å². The predicted octanol–water partition coefficient (Wildman–Crippen LogP) is 7.63. The second kappa shape index (κ2) is 21.8. The van der Waals surface area contributed by atoms with E-state index in [4.69, 9.17) is 43.1 Å². The zero-order valence-electron chi connectivity index (χ0n) is 40.4. The lowest BCUT2D eigenvalue weighted by atomic mass is 9.98. The summed E-state index contributed by atoms with van der Waals surface area (Å²) in [6.07, 6.45) is 0. The van der Waals surface area contributed by atoms with Gasteiger partial charge in [0, 0.05) is 86.4 Å². The number of thiazole rings is 2. The molecular formula is C48H58N6O11S4.